The monoisotopic (exact) mass is 366 g/mol. The second kappa shape index (κ2) is 11.4. The van der Waals surface area contributed by atoms with E-state index < -0.39 is 29.7 Å². The lowest BCUT2D eigenvalue weighted by Crippen LogP contribution is -2.57. The largest absolute Gasteiger partial charge is 0.550 e. The van der Waals surface area contributed by atoms with Crippen LogP contribution in [0.25, 0.3) is 0 Å². The van der Waals surface area contributed by atoms with E-state index in [0.717, 1.165) is 54.7 Å². The SMILES string of the molecule is CN1C(=O)C(C=NCCCCCCCCCCC(=O)[O-])C(=O)N(C)C1=O. The second-order valence-corrected chi connectivity index (χ2v) is 6.56. The lowest BCUT2D eigenvalue weighted by atomic mass is 10.1. The van der Waals surface area contributed by atoms with Crippen LogP contribution in [0.15, 0.2) is 4.99 Å². The number of carboxylic acid groups (broad SMARTS) is 1. The van der Waals surface area contributed by atoms with Crippen LogP contribution in [0.5, 0.6) is 0 Å². The third-order valence-corrected chi connectivity index (χ3v) is 4.44. The number of hydrogen-bond donors (Lipinski definition) is 0. The lowest BCUT2D eigenvalue weighted by molar-refractivity contribution is -0.305. The van der Waals surface area contributed by atoms with Crippen LogP contribution in [-0.4, -0.2) is 60.5 Å². The summed E-state index contributed by atoms with van der Waals surface area (Å²) >= 11 is 0. The van der Waals surface area contributed by atoms with Gasteiger partial charge in [-0.25, -0.2) is 4.79 Å². The Labute approximate surface area is 154 Å². The number of rotatable bonds is 12. The zero-order chi connectivity index (χ0) is 19.5. The van der Waals surface area contributed by atoms with Crippen molar-refractivity contribution < 1.29 is 24.3 Å². The molecule has 0 aromatic carbocycles. The molecule has 0 radical (unpaired) electrons. The summed E-state index contributed by atoms with van der Waals surface area (Å²) in [5.74, 6) is -3.07. The van der Waals surface area contributed by atoms with Gasteiger partial charge in [-0.1, -0.05) is 38.5 Å². The first-order chi connectivity index (χ1) is 12.4. The van der Waals surface area contributed by atoms with Gasteiger partial charge in [0.15, 0.2) is 5.92 Å². The number of imide groups is 2. The van der Waals surface area contributed by atoms with Gasteiger partial charge in [-0.05, 0) is 19.3 Å². The van der Waals surface area contributed by atoms with Gasteiger partial charge in [-0.15, -0.1) is 0 Å². The predicted octanol–water partition coefficient (Wildman–Crippen LogP) is 0.985. The van der Waals surface area contributed by atoms with Gasteiger partial charge in [0.1, 0.15) is 0 Å². The Balaban J connectivity index is 2.12. The number of unbranched alkanes of at least 4 members (excludes halogenated alkanes) is 7. The molecular formula is C18H28N3O5-. The summed E-state index contributed by atoms with van der Waals surface area (Å²) in [6.07, 6.45) is 9.31. The van der Waals surface area contributed by atoms with Gasteiger partial charge in [0.25, 0.3) is 0 Å². The van der Waals surface area contributed by atoms with Crippen LogP contribution in [0.2, 0.25) is 0 Å². The zero-order valence-electron chi connectivity index (χ0n) is 15.6. The molecule has 26 heavy (non-hydrogen) atoms. The number of carboxylic acids is 1. The van der Waals surface area contributed by atoms with Crippen molar-refractivity contribution in [3.63, 3.8) is 0 Å². The van der Waals surface area contributed by atoms with Crippen LogP contribution in [0.3, 0.4) is 0 Å². The van der Waals surface area contributed by atoms with E-state index in [0.29, 0.717) is 13.0 Å². The quantitative estimate of drug-likeness (QED) is 0.290. The van der Waals surface area contributed by atoms with Crippen molar-refractivity contribution in [2.24, 2.45) is 10.9 Å². The maximum absolute atomic E-state index is 12.0. The third-order valence-electron chi connectivity index (χ3n) is 4.44. The number of hydrogen-bond acceptors (Lipinski definition) is 6. The molecule has 8 heteroatoms. The topological polar surface area (TPSA) is 110 Å². The summed E-state index contributed by atoms with van der Waals surface area (Å²) in [5, 5.41) is 10.3. The summed E-state index contributed by atoms with van der Waals surface area (Å²) < 4.78 is 0. The van der Waals surface area contributed by atoms with Crippen molar-refractivity contribution in [2.75, 3.05) is 20.6 Å². The number of aliphatic carboxylic acids is 1. The molecule has 1 saturated heterocycles. The smallest absolute Gasteiger partial charge is 0.332 e. The van der Waals surface area contributed by atoms with Gasteiger partial charge in [-0.2, -0.15) is 0 Å². The lowest BCUT2D eigenvalue weighted by Gasteiger charge is -2.31. The standard InChI is InChI=1S/C18H29N3O5/c1-20-16(24)14(17(25)21(2)18(20)26)13-19-12-10-8-6-4-3-5-7-9-11-15(22)23/h13-14H,3-12H2,1-2H3,(H,22,23)/p-1. The zero-order valence-corrected chi connectivity index (χ0v) is 15.6. The minimum atomic E-state index is -1.01. The molecule has 4 amide bonds. The van der Waals surface area contributed by atoms with Gasteiger partial charge < -0.3 is 9.90 Å². The fourth-order valence-electron chi connectivity index (χ4n) is 2.78. The minimum Gasteiger partial charge on any atom is -0.550 e. The van der Waals surface area contributed by atoms with Crippen LogP contribution >= 0.6 is 0 Å². The first-order valence-corrected chi connectivity index (χ1v) is 9.15. The number of carbonyl (C=O) groups is 4. The molecule has 0 N–H and O–H groups in total. The third kappa shape index (κ3) is 6.93. The first kappa shape index (κ1) is 21.8. The molecule has 146 valence electrons. The van der Waals surface area contributed by atoms with E-state index in [1.165, 1.54) is 20.3 Å². The van der Waals surface area contributed by atoms with E-state index in [1.807, 2.05) is 0 Å². The van der Waals surface area contributed by atoms with Gasteiger partial charge in [-0.3, -0.25) is 24.4 Å². The van der Waals surface area contributed by atoms with Gasteiger partial charge in [0, 0.05) is 32.8 Å². The summed E-state index contributed by atoms with van der Waals surface area (Å²) in [5.41, 5.74) is 0. The Morgan fingerprint density at radius 2 is 1.38 bits per heavy atom. The molecular weight excluding hydrogens is 338 g/mol. The summed E-state index contributed by atoms with van der Waals surface area (Å²) in [4.78, 5) is 51.9. The van der Waals surface area contributed by atoms with E-state index in [2.05, 4.69) is 4.99 Å². The summed E-state index contributed by atoms with van der Waals surface area (Å²) in [6.45, 7) is 0.546. The Morgan fingerprint density at radius 1 is 0.923 bits per heavy atom. The maximum Gasteiger partial charge on any atom is 0.332 e. The highest BCUT2D eigenvalue weighted by atomic mass is 16.4. The molecule has 0 atom stereocenters. The van der Waals surface area contributed by atoms with E-state index in [-0.39, 0.29) is 6.42 Å². The number of aliphatic imine (C=N–C) groups is 1. The van der Waals surface area contributed by atoms with Crippen molar-refractivity contribution in [3.8, 4) is 0 Å². The Bertz CT molecular complexity index is 523. The molecule has 1 aliphatic rings. The molecule has 1 aliphatic heterocycles. The van der Waals surface area contributed by atoms with Crippen molar-refractivity contribution in [1.29, 1.82) is 0 Å². The fourth-order valence-corrected chi connectivity index (χ4v) is 2.78. The molecule has 0 spiro atoms. The molecule has 0 aromatic rings. The molecule has 0 saturated carbocycles. The maximum atomic E-state index is 12.0. The van der Waals surface area contributed by atoms with Crippen LogP contribution in [0.4, 0.5) is 4.79 Å². The first-order valence-electron chi connectivity index (χ1n) is 9.15. The van der Waals surface area contributed by atoms with Crippen LogP contribution < -0.4 is 5.11 Å². The second-order valence-electron chi connectivity index (χ2n) is 6.56. The molecule has 1 heterocycles. The molecule has 1 fully saturated rings. The molecule has 0 bridgehead atoms. The summed E-state index contributed by atoms with van der Waals surface area (Å²) in [7, 11) is 2.71. The number of carbonyl (C=O) groups excluding carboxylic acids is 4. The van der Waals surface area contributed by atoms with Crippen molar-refractivity contribution in [3.05, 3.63) is 0 Å². The number of barbiturate groups is 1. The van der Waals surface area contributed by atoms with Crippen molar-refractivity contribution >= 4 is 30.0 Å². The summed E-state index contributed by atoms with van der Waals surface area (Å²) in [6, 6.07) is -0.621. The predicted molar refractivity (Wildman–Crippen MR) is 94.3 cm³/mol. The van der Waals surface area contributed by atoms with E-state index in [1.54, 1.807) is 0 Å². The van der Waals surface area contributed by atoms with Crippen LogP contribution in [0.1, 0.15) is 57.8 Å². The highest BCUT2D eigenvalue weighted by Gasteiger charge is 2.41. The Kier molecular flexibility index (Phi) is 9.54. The Hall–Kier alpha value is -2.25. The molecule has 0 aromatic heterocycles. The van der Waals surface area contributed by atoms with E-state index in [4.69, 9.17) is 0 Å². The van der Waals surface area contributed by atoms with Crippen molar-refractivity contribution in [1.82, 2.24) is 9.80 Å². The molecule has 1 rings (SSSR count). The van der Waals surface area contributed by atoms with E-state index in [9.17, 15) is 24.3 Å². The van der Waals surface area contributed by atoms with Crippen LogP contribution in [-0.2, 0) is 14.4 Å². The molecule has 0 unspecified atom stereocenters. The fraction of sp³-hybridized carbons (Fsp3) is 0.722. The molecule has 0 aliphatic carbocycles. The van der Waals surface area contributed by atoms with Crippen molar-refractivity contribution in [2.45, 2.75) is 57.8 Å². The number of amides is 4. The minimum absolute atomic E-state index is 0.143. The number of urea groups is 1. The average Bonchev–Trinajstić information content (AvgIpc) is 2.61. The van der Waals surface area contributed by atoms with Gasteiger partial charge in [0.05, 0.1) is 0 Å². The van der Waals surface area contributed by atoms with Gasteiger partial charge >= 0.3 is 6.03 Å². The Morgan fingerprint density at radius 3 is 1.88 bits per heavy atom. The van der Waals surface area contributed by atoms with E-state index >= 15 is 0 Å². The highest BCUT2D eigenvalue weighted by Crippen LogP contribution is 2.14. The average molecular weight is 366 g/mol. The van der Waals surface area contributed by atoms with Crippen LogP contribution in [0, 0.1) is 5.92 Å². The van der Waals surface area contributed by atoms with Gasteiger partial charge in [0.2, 0.25) is 11.8 Å². The molecule has 8 nitrogen and oxygen atoms in total. The normalized spacial score (nSPS) is 16.2. The number of nitrogens with zero attached hydrogens (tertiary/aromatic N) is 3. The highest BCUT2D eigenvalue weighted by molar-refractivity contribution is 6.23.